The summed E-state index contributed by atoms with van der Waals surface area (Å²) in [6.07, 6.45) is 31.8. The largest absolute Gasteiger partial charge is 0.466 e. The fraction of sp³-hybridized carbons (Fsp3) is 0.974. The van der Waals surface area contributed by atoms with Crippen molar-refractivity contribution in [2.45, 2.75) is 213 Å². The Morgan fingerprint density at radius 1 is 0.556 bits per heavy atom. The van der Waals surface area contributed by atoms with Crippen molar-refractivity contribution < 1.29 is 24.5 Å². The predicted molar refractivity (Wildman–Crippen MR) is 192 cm³/mol. The molecule has 2 N–H and O–H groups in total. The third kappa shape index (κ3) is 33.0. The van der Waals surface area contributed by atoms with Gasteiger partial charge in [-0.3, -0.25) is 4.79 Å². The van der Waals surface area contributed by atoms with Crippen molar-refractivity contribution in [1.29, 1.82) is 0 Å². The van der Waals surface area contributed by atoms with Crippen molar-refractivity contribution in [2.75, 3.05) is 32.8 Å². The van der Waals surface area contributed by atoms with E-state index in [0.717, 1.165) is 96.7 Å². The number of esters is 1. The van der Waals surface area contributed by atoms with E-state index < -0.39 is 6.29 Å². The molecular weight excluding hydrogens is 562 g/mol. The molecule has 0 aromatic rings. The van der Waals surface area contributed by atoms with Crippen LogP contribution in [0, 0.1) is 0 Å². The number of ether oxygens (including phenoxy) is 2. The van der Waals surface area contributed by atoms with Gasteiger partial charge in [0.25, 0.3) is 0 Å². The molecule has 0 heterocycles. The summed E-state index contributed by atoms with van der Waals surface area (Å²) in [5, 5.41) is 19.9. The van der Waals surface area contributed by atoms with Crippen LogP contribution in [0.2, 0.25) is 0 Å². The highest BCUT2D eigenvalue weighted by molar-refractivity contribution is 5.69. The smallest absolute Gasteiger partial charge is 0.305 e. The van der Waals surface area contributed by atoms with Crippen molar-refractivity contribution in [1.82, 2.24) is 4.90 Å². The quantitative estimate of drug-likeness (QED) is 0.0399. The number of aliphatic hydroxyl groups is 2. The SMILES string of the molecule is CCCCCCCCCOC(=O)CCCCCCCN(CCO)CCCCCCCC(O)OC(CCC)CCCCCCCC. The van der Waals surface area contributed by atoms with E-state index in [9.17, 15) is 15.0 Å². The lowest BCUT2D eigenvalue weighted by molar-refractivity contribution is -0.144. The molecule has 0 fully saturated rings. The Hall–Kier alpha value is -0.690. The molecule has 0 bridgehead atoms. The average Bonchev–Trinajstić information content (AvgIpc) is 3.03. The van der Waals surface area contributed by atoms with E-state index in [1.807, 2.05) is 0 Å². The number of hydrogen-bond donors (Lipinski definition) is 2. The fourth-order valence-corrected chi connectivity index (χ4v) is 6.16. The van der Waals surface area contributed by atoms with E-state index in [-0.39, 0.29) is 18.7 Å². The first-order chi connectivity index (χ1) is 22.1. The van der Waals surface area contributed by atoms with Gasteiger partial charge in [0.05, 0.1) is 19.3 Å². The standard InChI is InChI=1S/C39H79NO5/c1-4-7-9-11-13-21-27-36-44-38(42)30-23-17-14-19-25-32-40(34-35-41)33-26-20-15-18-24-31-39(43)45-37(28-6-3)29-22-16-12-10-8-5-2/h37,39,41,43H,4-36H2,1-3H3. The summed E-state index contributed by atoms with van der Waals surface area (Å²) in [6.45, 7) is 10.4. The minimum Gasteiger partial charge on any atom is -0.466 e. The van der Waals surface area contributed by atoms with Crippen LogP contribution in [0.25, 0.3) is 0 Å². The minimum atomic E-state index is -0.616. The zero-order chi connectivity index (χ0) is 33.1. The molecule has 0 aliphatic heterocycles. The maximum absolute atomic E-state index is 11.9. The zero-order valence-corrected chi connectivity index (χ0v) is 30.6. The van der Waals surface area contributed by atoms with Crippen LogP contribution in [0.1, 0.15) is 201 Å². The molecule has 2 atom stereocenters. The van der Waals surface area contributed by atoms with Gasteiger partial charge in [0, 0.05) is 13.0 Å². The number of unbranched alkanes of at least 4 members (excludes halogenated alkanes) is 19. The zero-order valence-electron chi connectivity index (χ0n) is 30.6. The van der Waals surface area contributed by atoms with Gasteiger partial charge in [-0.05, 0) is 64.5 Å². The minimum absolute atomic E-state index is 0.0287. The summed E-state index contributed by atoms with van der Waals surface area (Å²) in [7, 11) is 0. The van der Waals surface area contributed by atoms with Crippen molar-refractivity contribution in [2.24, 2.45) is 0 Å². The lowest BCUT2D eigenvalue weighted by atomic mass is 10.0. The highest BCUT2D eigenvalue weighted by Crippen LogP contribution is 2.18. The Morgan fingerprint density at radius 2 is 1.04 bits per heavy atom. The highest BCUT2D eigenvalue weighted by Gasteiger charge is 2.14. The van der Waals surface area contributed by atoms with Crippen LogP contribution in [-0.4, -0.2) is 66.3 Å². The molecule has 0 saturated heterocycles. The lowest BCUT2D eigenvalue weighted by Crippen LogP contribution is -2.29. The number of hydrogen-bond acceptors (Lipinski definition) is 6. The van der Waals surface area contributed by atoms with Gasteiger partial charge in [-0.25, -0.2) is 0 Å². The van der Waals surface area contributed by atoms with E-state index in [1.54, 1.807) is 0 Å². The molecule has 6 heteroatoms. The van der Waals surface area contributed by atoms with E-state index in [4.69, 9.17) is 9.47 Å². The topological polar surface area (TPSA) is 79.2 Å². The molecule has 0 spiro atoms. The molecule has 0 aliphatic carbocycles. The second kappa shape index (κ2) is 36.2. The van der Waals surface area contributed by atoms with Gasteiger partial charge in [0.1, 0.15) is 0 Å². The van der Waals surface area contributed by atoms with Crippen LogP contribution in [0.4, 0.5) is 0 Å². The Kier molecular flexibility index (Phi) is 35.6. The second-order valence-corrected chi connectivity index (χ2v) is 13.5. The summed E-state index contributed by atoms with van der Waals surface area (Å²) in [4.78, 5) is 14.3. The molecule has 0 aromatic heterocycles. The number of nitrogens with zero attached hydrogens (tertiary/aromatic N) is 1. The van der Waals surface area contributed by atoms with Crippen LogP contribution in [0.5, 0.6) is 0 Å². The highest BCUT2D eigenvalue weighted by atomic mass is 16.6. The molecule has 0 rings (SSSR count). The van der Waals surface area contributed by atoms with Crippen LogP contribution < -0.4 is 0 Å². The molecule has 45 heavy (non-hydrogen) atoms. The van der Waals surface area contributed by atoms with Crippen molar-refractivity contribution >= 4 is 5.97 Å². The Balaban J connectivity index is 3.74. The molecule has 2 unspecified atom stereocenters. The van der Waals surface area contributed by atoms with Gasteiger partial charge in [0.2, 0.25) is 0 Å². The van der Waals surface area contributed by atoms with E-state index >= 15 is 0 Å². The van der Waals surface area contributed by atoms with Crippen molar-refractivity contribution in [3.63, 3.8) is 0 Å². The number of aliphatic hydroxyl groups excluding tert-OH is 2. The maximum atomic E-state index is 11.9. The Labute approximate surface area is 280 Å². The first-order valence-electron chi connectivity index (χ1n) is 19.9. The Morgan fingerprint density at radius 3 is 1.60 bits per heavy atom. The Bertz CT molecular complexity index is 590. The van der Waals surface area contributed by atoms with E-state index in [1.165, 1.54) is 96.3 Å². The summed E-state index contributed by atoms with van der Waals surface area (Å²) in [6, 6.07) is 0. The predicted octanol–water partition coefficient (Wildman–Crippen LogP) is 10.5. The molecular formula is C39H79NO5. The van der Waals surface area contributed by atoms with Gasteiger partial charge in [-0.15, -0.1) is 0 Å². The summed E-state index contributed by atoms with van der Waals surface area (Å²) < 4.78 is 11.4. The third-order valence-electron chi connectivity index (χ3n) is 9.05. The molecule has 0 radical (unpaired) electrons. The normalized spacial score (nSPS) is 13.0. The first kappa shape index (κ1) is 44.3. The molecule has 0 aromatic carbocycles. The summed E-state index contributed by atoms with van der Waals surface area (Å²) >= 11 is 0. The van der Waals surface area contributed by atoms with Crippen molar-refractivity contribution in [3.05, 3.63) is 0 Å². The van der Waals surface area contributed by atoms with Crippen LogP contribution in [0.15, 0.2) is 0 Å². The van der Waals surface area contributed by atoms with E-state index in [0.29, 0.717) is 13.0 Å². The maximum Gasteiger partial charge on any atom is 0.305 e. The van der Waals surface area contributed by atoms with Crippen LogP contribution >= 0.6 is 0 Å². The van der Waals surface area contributed by atoms with Crippen molar-refractivity contribution in [3.8, 4) is 0 Å². The number of rotatable bonds is 37. The number of carbonyl (C=O) groups is 1. The lowest BCUT2D eigenvalue weighted by Gasteiger charge is -2.22. The molecule has 270 valence electrons. The monoisotopic (exact) mass is 642 g/mol. The van der Waals surface area contributed by atoms with Gasteiger partial charge in [-0.1, -0.05) is 143 Å². The van der Waals surface area contributed by atoms with E-state index in [2.05, 4.69) is 25.7 Å². The van der Waals surface area contributed by atoms with Crippen LogP contribution in [-0.2, 0) is 14.3 Å². The summed E-state index contributed by atoms with van der Waals surface area (Å²) in [5.41, 5.74) is 0. The first-order valence-corrected chi connectivity index (χ1v) is 19.9. The van der Waals surface area contributed by atoms with Gasteiger partial charge in [-0.2, -0.15) is 0 Å². The van der Waals surface area contributed by atoms with Gasteiger partial charge in [0.15, 0.2) is 6.29 Å². The molecule has 0 saturated carbocycles. The van der Waals surface area contributed by atoms with Gasteiger partial charge >= 0.3 is 5.97 Å². The average molecular weight is 642 g/mol. The third-order valence-corrected chi connectivity index (χ3v) is 9.05. The fourth-order valence-electron chi connectivity index (χ4n) is 6.16. The summed E-state index contributed by atoms with van der Waals surface area (Å²) in [5.74, 6) is -0.0287. The van der Waals surface area contributed by atoms with Gasteiger partial charge < -0.3 is 24.6 Å². The second-order valence-electron chi connectivity index (χ2n) is 13.5. The molecule has 0 aliphatic rings. The van der Waals surface area contributed by atoms with Crippen LogP contribution in [0.3, 0.4) is 0 Å². The number of carbonyl (C=O) groups excluding carboxylic acids is 1. The molecule has 6 nitrogen and oxygen atoms in total. The molecule has 0 amide bonds.